The van der Waals surface area contributed by atoms with Gasteiger partial charge < -0.3 is 10.1 Å². The zero-order chi connectivity index (χ0) is 18.9. The molecule has 1 saturated carbocycles. The van der Waals surface area contributed by atoms with E-state index in [-0.39, 0.29) is 0 Å². The number of ether oxygens (including phenoxy) is 1. The average Bonchev–Trinajstić information content (AvgIpc) is 2.95. The van der Waals surface area contributed by atoms with Crippen LogP contribution in [0, 0.1) is 5.92 Å². The Kier molecular flexibility index (Phi) is 5.36. The molecule has 1 aromatic heterocycles. The van der Waals surface area contributed by atoms with E-state index in [1.807, 2.05) is 18.2 Å². The highest BCUT2D eigenvalue weighted by Gasteiger charge is 2.24. The van der Waals surface area contributed by atoms with Gasteiger partial charge in [0.05, 0.1) is 12.3 Å². The summed E-state index contributed by atoms with van der Waals surface area (Å²) in [6, 6.07) is 8.43. The van der Waals surface area contributed by atoms with Crippen molar-refractivity contribution in [1.29, 1.82) is 0 Å². The molecule has 1 aliphatic heterocycles. The van der Waals surface area contributed by atoms with Gasteiger partial charge in [-0.25, -0.2) is 14.8 Å². The number of nitrogens with zero attached hydrogens (tertiary/aromatic N) is 1. The summed E-state index contributed by atoms with van der Waals surface area (Å²) in [5.41, 5.74) is 2.09. The Morgan fingerprint density at radius 2 is 2.00 bits per heavy atom. The number of thiazole rings is 1. The Balaban J connectivity index is 1.39. The smallest absolute Gasteiger partial charge is 0.274 e. The number of fused-ring (bicyclic) bond motifs is 3. The summed E-state index contributed by atoms with van der Waals surface area (Å²) in [5, 5.41) is 9.55. The molecule has 146 valence electrons. The Hall–Kier alpha value is -1.68. The Morgan fingerprint density at radius 1 is 1.22 bits per heavy atom. The first-order valence-electron chi connectivity index (χ1n) is 9.24. The van der Waals surface area contributed by atoms with E-state index in [9.17, 15) is 8.42 Å². The Morgan fingerprint density at radius 3 is 2.78 bits per heavy atom. The van der Waals surface area contributed by atoms with Gasteiger partial charge in [-0.05, 0) is 43.7 Å². The number of hydrogen-bond acceptors (Lipinski definition) is 6. The maximum atomic E-state index is 11.0. The normalized spacial score (nSPS) is 22.3. The van der Waals surface area contributed by atoms with E-state index in [2.05, 4.69) is 16.1 Å². The fraction of sp³-hybridized carbons (Fsp3) is 0.500. The van der Waals surface area contributed by atoms with Crippen LogP contribution < -0.4 is 19.9 Å². The lowest BCUT2D eigenvalue weighted by molar-refractivity contribution is 0.327. The topological polar surface area (TPSA) is 106 Å². The molecular formula is C18H24N4O3S2. The molecule has 0 atom stereocenters. The fourth-order valence-corrected chi connectivity index (χ4v) is 5.26. The fourth-order valence-electron chi connectivity index (χ4n) is 3.75. The van der Waals surface area contributed by atoms with Crippen LogP contribution in [0.1, 0.15) is 30.6 Å². The number of rotatable bonds is 5. The van der Waals surface area contributed by atoms with Crippen LogP contribution >= 0.6 is 11.3 Å². The molecule has 4 N–H and O–H groups in total. The molecule has 1 aliphatic carbocycles. The quantitative estimate of drug-likeness (QED) is 0.705. The zero-order valence-electron chi connectivity index (χ0n) is 15.0. The molecule has 2 heterocycles. The first kappa shape index (κ1) is 18.7. The minimum atomic E-state index is -3.60. The maximum Gasteiger partial charge on any atom is 0.274 e. The van der Waals surface area contributed by atoms with Gasteiger partial charge in [0.15, 0.2) is 5.13 Å². The van der Waals surface area contributed by atoms with Crippen LogP contribution in [-0.2, 0) is 16.6 Å². The van der Waals surface area contributed by atoms with Crippen LogP contribution in [0.25, 0.3) is 11.3 Å². The monoisotopic (exact) mass is 408 g/mol. The maximum absolute atomic E-state index is 11.0. The zero-order valence-corrected chi connectivity index (χ0v) is 16.6. The lowest BCUT2D eigenvalue weighted by Gasteiger charge is -2.28. The molecule has 9 heteroatoms. The SMILES string of the molecule is NS(=O)(=O)NC[C@H]1CC[C@H](Nc2nc3c(s2)CCOc2ccccc2-3)CC1. The minimum Gasteiger partial charge on any atom is -0.493 e. The van der Waals surface area contributed by atoms with Gasteiger partial charge in [0, 0.05) is 29.4 Å². The van der Waals surface area contributed by atoms with Crippen molar-refractivity contribution in [2.75, 3.05) is 18.5 Å². The van der Waals surface area contributed by atoms with E-state index in [0.29, 0.717) is 25.1 Å². The second-order valence-electron chi connectivity index (χ2n) is 7.14. The number of hydrogen-bond donors (Lipinski definition) is 3. The molecule has 7 nitrogen and oxygen atoms in total. The van der Waals surface area contributed by atoms with Crippen molar-refractivity contribution >= 4 is 26.7 Å². The highest BCUT2D eigenvalue weighted by molar-refractivity contribution is 7.87. The molecule has 0 saturated heterocycles. The van der Waals surface area contributed by atoms with Gasteiger partial charge in [0.25, 0.3) is 10.2 Å². The van der Waals surface area contributed by atoms with E-state index in [1.54, 1.807) is 11.3 Å². The summed E-state index contributed by atoms with van der Waals surface area (Å²) in [4.78, 5) is 6.11. The number of aromatic nitrogens is 1. The largest absolute Gasteiger partial charge is 0.493 e. The standard InChI is InChI=1S/C18H24N4O3S2/c19-27(23,24)20-11-12-5-7-13(8-6-12)21-18-22-17-14-3-1-2-4-15(14)25-10-9-16(17)26-18/h1-4,12-13,20H,5-11H2,(H,21,22)(H2,19,23,24)/t12-,13-. The van der Waals surface area contributed by atoms with E-state index in [1.165, 1.54) is 4.88 Å². The number of benzene rings is 1. The van der Waals surface area contributed by atoms with Crippen molar-refractivity contribution in [2.45, 2.75) is 38.1 Å². The van der Waals surface area contributed by atoms with Crippen molar-refractivity contribution < 1.29 is 13.2 Å². The molecule has 1 aromatic carbocycles. The summed E-state index contributed by atoms with van der Waals surface area (Å²) in [6.07, 6.45) is 4.82. The number of nitrogens with one attached hydrogen (secondary N) is 2. The number of para-hydroxylation sites is 1. The third-order valence-corrected chi connectivity index (χ3v) is 6.79. The molecule has 0 amide bonds. The van der Waals surface area contributed by atoms with E-state index in [4.69, 9.17) is 14.9 Å². The summed E-state index contributed by atoms with van der Waals surface area (Å²) >= 11 is 1.71. The third-order valence-electron chi connectivity index (χ3n) is 5.17. The molecule has 2 aliphatic rings. The lowest BCUT2D eigenvalue weighted by Crippen LogP contribution is -2.37. The van der Waals surface area contributed by atoms with Gasteiger partial charge in [-0.15, -0.1) is 11.3 Å². The van der Waals surface area contributed by atoms with Crippen LogP contribution in [-0.4, -0.2) is 32.6 Å². The van der Waals surface area contributed by atoms with Crippen LogP contribution in [0.4, 0.5) is 5.13 Å². The summed E-state index contributed by atoms with van der Waals surface area (Å²) in [7, 11) is -3.60. The predicted octanol–water partition coefficient (Wildman–Crippen LogP) is 2.51. The van der Waals surface area contributed by atoms with Crippen molar-refractivity contribution in [3.05, 3.63) is 29.1 Å². The predicted molar refractivity (Wildman–Crippen MR) is 107 cm³/mol. The second kappa shape index (κ2) is 7.75. The van der Waals surface area contributed by atoms with Crippen LogP contribution in [0.5, 0.6) is 5.75 Å². The van der Waals surface area contributed by atoms with Crippen molar-refractivity contribution in [1.82, 2.24) is 9.71 Å². The highest BCUT2D eigenvalue weighted by atomic mass is 32.2. The molecular weight excluding hydrogens is 384 g/mol. The van der Waals surface area contributed by atoms with E-state index in [0.717, 1.165) is 54.2 Å². The lowest BCUT2D eigenvalue weighted by atomic mass is 9.86. The van der Waals surface area contributed by atoms with Crippen LogP contribution in [0.3, 0.4) is 0 Å². The molecule has 2 aromatic rings. The van der Waals surface area contributed by atoms with Gasteiger partial charge in [-0.3, -0.25) is 0 Å². The van der Waals surface area contributed by atoms with Gasteiger partial charge >= 0.3 is 0 Å². The third kappa shape index (κ3) is 4.60. The van der Waals surface area contributed by atoms with Gasteiger partial charge in [-0.2, -0.15) is 8.42 Å². The van der Waals surface area contributed by atoms with E-state index < -0.39 is 10.2 Å². The average molecular weight is 409 g/mol. The van der Waals surface area contributed by atoms with Gasteiger partial charge in [0.1, 0.15) is 5.75 Å². The first-order valence-corrected chi connectivity index (χ1v) is 11.6. The summed E-state index contributed by atoms with van der Waals surface area (Å²) in [5.74, 6) is 1.24. The first-order chi connectivity index (χ1) is 13.0. The minimum absolute atomic E-state index is 0.346. The summed E-state index contributed by atoms with van der Waals surface area (Å²) < 4.78 is 30.3. The van der Waals surface area contributed by atoms with Crippen molar-refractivity contribution in [2.24, 2.45) is 11.1 Å². The second-order valence-corrected chi connectivity index (χ2v) is 9.60. The van der Waals surface area contributed by atoms with Crippen molar-refractivity contribution in [3.63, 3.8) is 0 Å². The van der Waals surface area contributed by atoms with Gasteiger partial charge in [0.2, 0.25) is 0 Å². The molecule has 4 rings (SSSR count). The molecule has 0 bridgehead atoms. The Bertz CT molecular complexity index is 905. The highest BCUT2D eigenvalue weighted by Crippen LogP contribution is 2.39. The van der Waals surface area contributed by atoms with Crippen LogP contribution in [0.15, 0.2) is 24.3 Å². The summed E-state index contributed by atoms with van der Waals surface area (Å²) in [6.45, 7) is 1.10. The molecule has 0 radical (unpaired) electrons. The molecule has 1 fully saturated rings. The number of anilines is 1. The van der Waals surface area contributed by atoms with E-state index >= 15 is 0 Å². The van der Waals surface area contributed by atoms with Crippen LogP contribution in [0.2, 0.25) is 0 Å². The number of nitrogens with two attached hydrogens (primary N) is 1. The Labute approximate surface area is 163 Å². The molecule has 0 unspecified atom stereocenters. The van der Waals surface area contributed by atoms with Crippen molar-refractivity contribution in [3.8, 4) is 17.0 Å². The molecule has 0 spiro atoms. The molecule has 27 heavy (non-hydrogen) atoms. The van der Waals surface area contributed by atoms with Gasteiger partial charge in [-0.1, -0.05) is 12.1 Å².